The molecule has 1 aromatic carbocycles. The van der Waals surface area contributed by atoms with E-state index in [0.717, 1.165) is 25.7 Å². The number of ether oxygens (including phenoxy) is 2. The average molecular weight is 314 g/mol. The highest BCUT2D eigenvalue weighted by Gasteiger charge is 2.32. The Balaban J connectivity index is 1.59. The molecule has 1 aliphatic rings. The second-order valence-corrected chi connectivity index (χ2v) is 6.30. The van der Waals surface area contributed by atoms with Gasteiger partial charge in [-0.15, -0.1) is 0 Å². The van der Waals surface area contributed by atoms with Crippen molar-refractivity contribution in [1.29, 1.82) is 0 Å². The second kappa shape index (κ2) is 6.96. The Morgan fingerprint density at radius 3 is 2.57 bits per heavy atom. The van der Waals surface area contributed by atoms with Crippen molar-refractivity contribution in [3.8, 4) is 17.5 Å². The molecule has 1 N–H and O–H groups in total. The van der Waals surface area contributed by atoms with Crippen LogP contribution in [-0.4, -0.2) is 27.3 Å². The van der Waals surface area contributed by atoms with Gasteiger partial charge in [0.2, 0.25) is 0 Å². The highest BCUT2D eigenvalue weighted by atomic mass is 16.5. The topological polar surface area (TPSA) is 64.5 Å². The molecule has 0 radical (unpaired) electrons. The first-order valence-corrected chi connectivity index (χ1v) is 8.03. The van der Waals surface area contributed by atoms with Crippen molar-refractivity contribution in [3.05, 3.63) is 42.7 Å². The van der Waals surface area contributed by atoms with E-state index in [9.17, 15) is 5.11 Å². The fraction of sp³-hybridized carbons (Fsp3) is 0.444. The van der Waals surface area contributed by atoms with Crippen molar-refractivity contribution in [2.75, 3.05) is 6.61 Å². The zero-order chi connectivity index (χ0) is 16.1. The van der Waals surface area contributed by atoms with Gasteiger partial charge in [-0.25, -0.2) is 9.97 Å². The number of rotatable bonds is 5. The zero-order valence-electron chi connectivity index (χ0n) is 13.3. The summed E-state index contributed by atoms with van der Waals surface area (Å²) in [7, 11) is 0. The van der Waals surface area contributed by atoms with E-state index in [0.29, 0.717) is 30.0 Å². The van der Waals surface area contributed by atoms with Crippen LogP contribution in [-0.2, 0) is 0 Å². The molecule has 23 heavy (non-hydrogen) atoms. The molecule has 2 aromatic rings. The molecule has 1 aliphatic carbocycles. The first-order chi connectivity index (χ1) is 11.1. The van der Waals surface area contributed by atoms with Crippen molar-refractivity contribution in [2.45, 2.75) is 38.2 Å². The van der Waals surface area contributed by atoms with Crippen molar-refractivity contribution >= 4 is 0 Å². The quantitative estimate of drug-likeness (QED) is 0.913. The summed E-state index contributed by atoms with van der Waals surface area (Å²) in [6, 6.07) is 9.34. The van der Waals surface area contributed by atoms with Crippen LogP contribution < -0.4 is 9.47 Å². The van der Waals surface area contributed by atoms with Gasteiger partial charge in [-0.1, -0.05) is 13.0 Å². The van der Waals surface area contributed by atoms with Crippen molar-refractivity contribution in [2.24, 2.45) is 5.92 Å². The molecule has 1 saturated carbocycles. The summed E-state index contributed by atoms with van der Waals surface area (Å²) in [5.74, 6) is 1.97. The van der Waals surface area contributed by atoms with Crippen LogP contribution in [0.15, 0.2) is 42.7 Å². The van der Waals surface area contributed by atoms with Crippen LogP contribution in [0.3, 0.4) is 0 Å². The Labute approximate surface area is 136 Å². The van der Waals surface area contributed by atoms with Gasteiger partial charge in [0, 0.05) is 18.5 Å². The molecule has 5 nitrogen and oxygen atoms in total. The van der Waals surface area contributed by atoms with Crippen LogP contribution in [0.2, 0.25) is 0 Å². The van der Waals surface area contributed by atoms with Crippen molar-refractivity contribution in [1.82, 2.24) is 9.97 Å². The Bertz CT molecular complexity index is 625. The number of hydrogen-bond donors (Lipinski definition) is 1. The van der Waals surface area contributed by atoms with Gasteiger partial charge in [0.25, 0.3) is 0 Å². The third kappa shape index (κ3) is 4.42. The molecule has 0 aliphatic heterocycles. The fourth-order valence-corrected chi connectivity index (χ4v) is 2.73. The van der Waals surface area contributed by atoms with E-state index in [-0.39, 0.29) is 0 Å². The largest absolute Gasteiger partial charge is 0.490 e. The maximum absolute atomic E-state index is 10.6. The molecule has 1 heterocycles. The summed E-state index contributed by atoms with van der Waals surface area (Å²) in [4.78, 5) is 8.05. The molecule has 5 heteroatoms. The van der Waals surface area contributed by atoms with E-state index in [1.54, 1.807) is 24.5 Å². The molecule has 0 unspecified atom stereocenters. The Morgan fingerprint density at radius 1 is 1.13 bits per heavy atom. The van der Waals surface area contributed by atoms with Crippen LogP contribution >= 0.6 is 0 Å². The van der Waals surface area contributed by atoms with Gasteiger partial charge in [-0.05, 0) is 49.8 Å². The molecule has 0 spiro atoms. The first kappa shape index (κ1) is 15.7. The highest BCUT2D eigenvalue weighted by Crippen LogP contribution is 2.32. The van der Waals surface area contributed by atoms with Crippen LogP contribution in [0.4, 0.5) is 0 Å². The molecule has 0 amide bonds. The minimum absolute atomic E-state index is 0.296. The van der Waals surface area contributed by atoms with Crippen LogP contribution in [0.5, 0.6) is 17.5 Å². The lowest BCUT2D eigenvalue weighted by molar-refractivity contribution is -0.0425. The lowest BCUT2D eigenvalue weighted by Gasteiger charge is -2.34. The Morgan fingerprint density at radius 2 is 1.83 bits per heavy atom. The monoisotopic (exact) mass is 314 g/mol. The summed E-state index contributed by atoms with van der Waals surface area (Å²) >= 11 is 0. The van der Waals surface area contributed by atoms with Crippen molar-refractivity contribution in [3.63, 3.8) is 0 Å². The maximum atomic E-state index is 10.6. The molecular formula is C18H22N2O3. The number of hydrogen-bond acceptors (Lipinski definition) is 5. The number of aliphatic hydroxyl groups is 1. The van der Waals surface area contributed by atoms with Gasteiger partial charge in [-0.3, -0.25) is 0 Å². The van der Waals surface area contributed by atoms with E-state index in [4.69, 9.17) is 9.47 Å². The summed E-state index contributed by atoms with van der Waals surface area (Å²) in [5, 5.41) is 10.6. The van der Waals surface area contributed by atoms with Gasteiger partial charge in [0.15, 0.2) is 0 Å². The fourth-order valence-electron chi connectivity index (χ4n) is 2.73. The highest BCUT2D eigenvalue weighted by molar-refractivity contribution is 5.34. The Hall–Kier alpha value is -2.14. The van der Waals surface area contributed by atoms with Crippen LogP contribution in [0.25, 0.3) is 0 Å². The third-order valence-electron chi connectivity index (χ3n) is 4.27. The van der Waals surface area contributed by atoms with Crippen molar-refractivity contribution < 1.29 is 14.6 Å². The molecule has 122 valence electrons. The lowest BCUT2D eigenvalue weighted by atomic mass is 9.80. The van der Waals surface area contributed by atoms with E-state index < -0.39 is 5.60 Å². The van der Waals surface area contributed by atoms with E-state index in [2.05, 4.69) is 16.9 Å². The number of nitrogens with zero attached hydrogens (tertiary/aromatic N) is 2. The number of benzene rings is 1. The van der Waals surface area contributed by atoms with Gasteiger partial charge in [0.1, 0.15) is 18.1 Å². The van der Waals surface area contributed by atoms with Gasteiger partial charge < -0.3 is 14.6 Å². The summed E-state index contributed by atoms with van der Waals surface area (Å²) in [5.41, 5.74) is -0.716. The molecular weight excluding hydrogens is 292 g/mol. The minimum atomic E-state index is -0.716. The van der Waals surface area contributed by atoms with E-state index in [1.807, 2.05) is 18.2 Å². The lowest BCUT2D eigenvalue weighted by Crippen LogP contribution is -2.39. The number of aromatic nitrogens is 2. The maximum Gasteiger partial charge on any atom is 0.321 e. The standard InChI is InChI=1S/C18H22N2O3/c1-14-6-8-18(21,9-7-14)13-22-15-4-2-5-16(12-15)23-17-19-10-3-11-20-17/h2-5,10-12,14,21H,6-9,13H2,1H3. The van der Waals surface area contributed by atoms with E-state index in [1.165, 1.54) is 0 Å². The second-order valence-electron chi connectivity index (χ2n) is 6.30. The zero-order valence-corrected chi connectivity index (χ0v) is 13.3. The SMILES string of the molecule is CC1CCC(O)(COc2cccc(Oc3ncccn3)c2)CC1. The summed E-state index contributed by atoms with van der Waals surface area (Å²) in [6.45, 7) is 2.54. The summed E-state index contributed by atoms with van der Waals surface area (Å²) in [6.07, 6.45) is 6.94. The normalized spacial score (nSPS) is 24.2. The average Bonchev–Trinajstić information content (AvgIpc) is 2.58. The van der Waals surface area contributed by atoms with Crippen LogP contribution in [0.1, 0.15) is 32.6 Å². The molecule has 3 rings (SSSR count). The molecule has 1 aromatic heterocycles. The minimum Gasteiger partial charge on any atom is -0.490 e. The Kier molecular flexibility index (Phi) is 4.76. The van der Waals surface area contributed by atoms with Crippen LogP contribution in [0, 0.1) is 5.92 Å². The third-order valence-corrected chi connectivity index (χ3v) is 4.27. The predicted molar refractivity (Wildman–Crippen MR) is 86.6 cm³/mol. The predicted octanol–water partition coefficient (Wildman–Crippen LogP) is 3.59. The first-order valence-electron chi connectivity index (χ1n) is 8.03. The van der Waals surface area contributed by atoms with Gasteiger partial charge in [-0.2, -0.15) is 0 Å². The molecule has 0 saturated heterocycles. The van der Waals surface area contributed by atoms with Gasteiger partial charge in [0.05, 0.1) is 5.60 Å². The molecule has 0 bridgehead atoms. The molecule has 0 atom stereocenters. The smallest absolute Gasteiger partial charge is 0.321 e. The van der Waals surface area contributed by atoms with E-state index >= 15 is 0 Å². The molecule has 1 fully saturated rings. The van der Waals surface area contributed by atoms with Gasteiger partial charge >= 0.3 is 6.01 Å². The summed E-state index contributed by atoms with van der Waals surface area (Å²) < 4.78 is 11.4.